The lowest BCUT2D eigenvalue weighted by atomic mass is 10.2. The summed E-state index contributed by atoms with van der Waals surface area (Å²) in [6.45, 7) is 6.59. The molecule has 2 saturated heterocycles. The standard InChI is InChI=1S/C20H26N6O2/c1-24-6-8-25(9-7-24)17-4-2-16(3-5-17)23-19-14-18(21-15-22-19)20(27)26-10-12-28-13-11-26/h2-5,14-15H,6-13H2,1H3,(H,21,22,23). The molecule has 0 spiro atoms. The van der Waals surface area contributed by atoms with Crippen LogP contribution in [0.4, 0.5) is 17.2 Å². The Morgan fingerprint density at radius 3 is 2.43 bits per heavy atom. The van der Waals surface area contributed by atoms with Crippen molar-refractivity contribution >= 4 is 23.1 Å². The maximum atomic E-state index is 12.6. The van der Waals surface area contributed by atoms with Gasteiger partial charge < -0.3 is 24.8 Å². The van der Waals surface area contributed by atoms with Crippen LogP contribution in [0.3, 0.4) is 0 Å². The van der Waals surface area contributed by atoms with E-state index in [-0.39, 0.29) is 5.91 Å². The van der Waals surface area contributed by atoms with Gasteiger partial charge in [-0.3, -0.25) is 4.79 Å². The molecule has 2 aromatic rings. The number of nitrogens with zero attached hydrogens (tertiary/aromatic N) is 5. The van der Waals surface area contributed by atoms with Crippen LogP contribution in [0, 0.1) is 0 Å². The smallest absolute Gasteiger partial charge is 0.272 e. The molecule has 0 saturated carbocycles. The molecule has 1 amide bonds. The molecule has 2 aliphatic heterocycles. The Kier molecular flexibility index (Phi) is 5.68. The van der Waals surface area contributed by atoms with Crippen LogP contribution in [0.5, 0.6) is 0 Å². The molecule has 2 aliphatic rings. The molecule has 0 aliphatic carbocycles. The lowest BCUT2D eigenvalue weighted by molar-refractivity contribution is 0.0299. The monoisotopic (exact) mass is 382 g/mol. The minimum absolute atomic E-state index is 0.0841. The molecule has 0 unspecified atom stereocenters. The van der Waals surface area contributed by atoms with Crippen molar-refractivity contribution in [3.05, 3.63) is 42.4 Å². The zero-order valence-corrected chi connectivity index (χ0v) is 16.2. The number of hydrogen-bond acceptors (Lipinski definition) is 7. The van der Waals surface area contributed by atoms with E-state index in [1.54, 1.807) is 11.0 Å². The van der Waals surface area contributed by atoms with Crippen LogP contribution in [0.2, 0.25) is 0 Å². The number of carbonyl (C=O) groups is 1. The quantitative estimate of drug-likeness (QED) is 0.858. The molecule has 3 heterocycles. The highest BCUT2D eigenvalue weighted by Gasteiger charge is 2.20. The second-order valence-electron chi connectivity index (χ2n) is 7.16. The van der Waals surface area contributed by atoms with E-state index in [1.165, 1.54) is 12.0 Å². The summed E-state index contributed by atoms with van der Waals surface area (Å²) in [5.74, 6) is 0.526. The van der Waals surface area contributed by atoms with Crippen molar-refractivity contribution in [3.63, 3.8) is 0 Å². The zero-order valence-electron chi connectivity index (χ0n) is 16.2. The lowest BCUT2D eigenvalue weighted by Crippen LogP contribution is -2.44. The van der Waals surface area contributed by atoms with Gasteiger partial charge >= 0.3 is 0 Å². The van der Waals surface area contributed by atoms with Crippen molar-refractivity contribution < 1.29 is 9.53 Å². The molecule has 8 heteroatoms. The number of piperazine rings is 1. The van der Waals surface area contributed by atoms with E-state index in [2.05, 4.69) is 44.3 Å². The van der Waals surface area contributed by atoms with Gasteiger partial charge in [-0.1, -0.05) is 0 Å². The van der Waals surface area contributed by atoms with E-state index >= 15 is 0 Å². The Morgan fingerprint density at radius 1 is 1.00 bits per heavy atom. The third-order valence-electron chi connectivity index (χ3n) is 5.19. The average molecular weight is 382 g/mol. The summed E-state index contributed by atoms with van der Waals surface area (Å²) in [4.78, 5) is 27.5. The molecule has 0 atom stereocenters. The van der Waals surface area contributed by atoms with Crippen LogP contribution in [-0.4, -0.2) is 85.2 Å². The molecule has 1 N–H and O–H groups in total. The van der Waals surface area contributed by atoms with Gasteiger partial charge in [0.2, 0.25) is 0 Å². The molecule has 28 heavy (non-hydrogen) atoms. The first-order chi connectivity index (χ1) is 13.7. The summed E-state index contributed by atoms with van der Waals surface area (Å²) < 4.78 is 5.30. The van der Waals surface area contributed by atoms with Crippen LogP contribution in [0.1, 0.15) is 10.5 Å². The van der Waals surface area contributed by atoms with Gasteiger partial charge in [0, 0.05) is 56.7 Å². The van der Waals surface area contributed by atoms with Crippen molar-refractivity contribution in [2.45, 2.75) is 0 Å². The maximum absolute atomic E-state index is 12.6. The molecular formula is C20H26N6O2. The summed E-state index contributed by atoms with van der Waals surface area (Å²) >= 11 is 0. The number of nitrogens with one attached hydrogen (secondary N) is 1. The van der Waals surface area contributed by atoms with Crippen LogP contribution in [0.15, 0.2) is 36.7 Å². The Labute approximate surface area is 165 Å². The third kappa shape index (κ3) is 4.40. The third-order valence-corrected chi connectivity index (χ3v) is 5.19. The number of hydrogen-bond donors (Lipinski definition) is 1. The molecule has 1 aromatic heterocycles. The minimum Gasteiger partial charge on any atom is -0.378 e. The van der Waals surface area contributed by atoms with Gasteiger partial charge in [-0.2, -0.15) is 0 Å². The highest BCUT2D eigenvalue weighted by Crippen LogP contribution is 2.21. The molecule has 8 nitrogen and oxygen atoms in total. The van der Waals surface area contributed by atoms with Gasteiger partial charge in [0.05, 0.1) is 13.2 Å². The first-order valence-corrected chi connectivity index (χ1v) is 9.69. The second-order valence-corrected chi connectivity index (χ2v) is 7.16. The Balaban J connectivity index is 1.40. The van der Waals surface area contributed by atoms with Crippen molar-refractivity contribution in [1.82, 2.24) is 19.8 Å². The largest absolute Gasteiger partial charge is 0.378 e. The number of rotatable bonds is 4. The number of ether oxygens (including phenoxy) is 1. The topological polar surface area (TPSA) is 73.8 Å². The number of amides is 1. The summed E-state index contributed by atoms with van der Waals surface area (Å²) in [6.07, 6.45) is 1.43. The molecule has 2 fully saturated rings. The summed E-state index contributed by atoms with van der Waals surface area (Å²) in [5, 5.41) is 3.27. The van der Waals surface area contributed by atoms with Crippen molar-refractivity contribution in [2.24, 2.45) is 0 Å². The average Bonchev–Trinajstić information content (AvgIpc) is 2.75. The van der Waals surface area contributed by atoms with E-state index in [9.17, 15) is 4.79 Å². The number of likely N-dealkylation sites (N-methyl/N-ethyl adjacent to an activating group) is 1. The number of aromatic nitrogens is 2. The van der Waals surface area contributed by atoms with Crippen molar-refractivity contribution in [3.8, 4) is 0 Å². The Morgan fingerprint density at radius 2 is 1.71 bits per heavy atom. The Bertz CT molecular complexity index is 799. The van der Waals surface area contributed by atoms with Gasteiger partial charge in [0.15, 0.2) is 0 Å². The molecule has 1 aromatic carbocycles. The SMILES string of the molecule is CN1CCN(c2ccc(Nc3cc(C(=O)N4CCOCC4)ncn3)cc2)CC1. The normalized spacial score (nSPS) is 18.2. The van der Waals surface area contributed by atoms with Crippen LogP contribution in [0.25, 0.3) is 0 Å². The first-order valence-electron chi connectivity index (χ1n) is 9.69. The fourth-order valence-corrected chi connectivity index (χ4v) is 3.44. The molecule has 0 radical (unpaired) electrons. The van der Waals surface area contributed by atoms with Crippen molar-refractivity contribution in [2.75, 3.05) is 69.7 Å². The van der Waals surface area contributed by atoms with Crippen LogP contribution in [-0.2, 0) is 4.74 Å². The van der Waals surface area contributed by atoms with Crippen LogP contribution >= 0.6 is 0 Å². The van der Waals surface area contributed by atoms with Gasteiger partial charge in [0.25, 0.3) is 5.91 Å². The van der Waals surface area contributed by atoms with E-state index in [0.717, 1.165) is 31.9 Å². The van der Waals surface area contributed by atoms with Gasteiger partial charge in [-0.05, 0) is 31.3 Å². The number of carbonyl (C=O) groups excluding carboxylic acids is 1. The first kappa shape index (κ1) is 18.6. The van der Waals surface area contributed by atoms with Gasteiger partial charge in [0.1, 0.15) is 17.8 Å². The highest BCUT2D eigenvalue weighted by atomic mass is 16.5. The number of morpholine rings is 1. The van der Waals surface area contributed by atoms with Gasteiger partial charge in [-0.25, -0.2) is 9.97 Å². The van der Waals surface area contributed by atoms with E-state index in [1.807, 2.05) is 12.1 Å². The van der Waals surface area contributed by atoms with Crippen molar-refractivity contribution in [1.29, 1.82) is 0 Å². The fourth-order valence-electron chi connectivity index (χ4n) is 3.44. The summed E-state index contributed by atoms with van der Waals surface area (Å²) in [6, 6.07) is 10.0. The van der Waals surface area contributed by atoms with Gasteiger partial charge in [-0.15, -0.1) is 0 Å². The molecule has 148 valence electrons. The lowest BCUT2D eigenvalue weighted by Gasteiger charge is -2.34. The van der Waals surface area contributed by atoms with E-state index in [4.69, 9.17) is 4.74 Å². The number of anilines is 3. The Hall–Kier alpha value is -2.71. The molecular weight excluding hydrogens is 356 g/mol. The number of benzene rings is 1. The minimum atomic E-state index is -0.0841. The van der Waals surface area contributed by atoms with E-state index in [0.29, 0.717) is 37.8 Å². The van der Waals surface area contributed by atoms with Crippen LogP contribution < -0.4 is 10.2 Å². The molecule has 0 bridgehead atoms. The summed E-state index contributed by atoms with van der Waals surface area (Å²) in [5.41, 5.74) is 2.55. The molecule has 4 rings (SSSR count). The predicted molar refractivity (Wildman–Crippen MR) is 108 cm³/mol. The second kappa shape index (κ2) is 8.53. The zero-order chi connectivity index (χ0) is 19.3. The summed E-state index contributed by atoms with van der Waals surface area (Å²) in [7, 11) is 2.16. The fraction of sp³-hybridized carbons (Fsp3) is 0.450. The maximum Gasteiger partial charge on any atom is 0.272 e. The van der Waals surface area contributed by atoms with E-state index < -0.39 is 0 Å². The predicted octanol–water partition coefficient (Wildman–Crippen LogP) is 1.44. The highest BCUT2D eigenvalue weighted by molar-refractivity contribution is 5.93.